The molecule has 3 rings (SSSR count). The number of Topliss-reactive ketones (excluding diaryl/α,β-unsaturated/α-hetero) is 1. The molecule has 0 aliphatic heterocycles. The smallest absolute Gasteiger partial charge is 0.163 e. The van der Waals surface area contributed by atoms with Gasteiger partial charge < -0.3 is 9.47 Å². The van der Waals surface area contributed by atoms with Crippen molar-refractivity contribution in [3.63, 3.8) is 0 Å². The quantitative estimate of drug-likeness (QED) is 0.448. The van der Waals surface area contributed by atoms with Gasteiger partial charge in [0.25, 0.3) is 0 Å². The van der Waals surface area contributed by atoms with E-state index in [-0.39, 0.29) is 5.78 Å². The molecule has 0 N–H and O–H groups in total. The Morgan fingerprint density at radius 2 is 1.32 bits per heavy atom. The van der Waals surface area contributed by atoms with Crippen molar-refractivity contribution in [2.24, 2.45) is 0 Å². The number of rotatable bonds is 7. The highest BCUT2D eigenvalue weighted by Gasteiger charge is 2.11. The summed E-state index contributed by atoms with van der Waals surface area (Å²) in [5.74, 6) is 1.19. The molecule has 0 radical (unpaired) electrons. The summed E-state index contributed by atoms with van der Waals surface area (Å²) in [4.78, 5) is 11.8. The lowest BCUT2D eigenvalue weighted by Gasteiger charge is -2.13. The minimum Gasteiger partial charge on any atom is -0.489 e. The van der Waals surface area contributed by atoms with Crippen LogP contribution in [0.25, 0.3) is 0 Å². The number of carbonyl (C=O) groups excluding carboxylic acids is 1. The predicted molar refractivity (Wildman–Crippen MR) is 98.0 cm³/mol. The lowest BCUT2D eigenvalue weighted by molar-refractivity contribution is 0.101. The van der Waals surface area contributed by atoms with Gasteiger partial charge in [-0.1, -0.05) is 60.7 Å². The van der Waals surface area contributed by atoms with Crippen LogP contribution in [0.5, 0.6) is 11.5 Å². The van der Waals surface area contributed by atoms with Crippen molar-refractivity contribution < 1.29 is 14.3 Å². The molecular weight excluding hydrogens is 314 g/mol. The number of ketones is 1. The van der Waals surface area contributed by atoms with E-state index < -0.39 is 0 Å². The standard InChI is InChI=1S/C22H20O3/c1-17(23)21-13-12-20(24-15-18-8-4-2-5-9-18)14-22(21)25-16-19-10-6-3-7-11-19/h2-14H,15-16H2,1H3/i1+1,17+1. The van der Waals surface area contributed by atoms with Crippen molar-refractivity contribution in [3.05, 3.63) is 95.6 Å². The Morgan fingerprint density at radius 1 is 0.760 bits per heavy atom. The topological polar surface area (TPSA) is 35.5 Å². The second kappa shape index (κ2) is 8.15. The van der Waals surface area contributed by atoms with E-state index in [4.69, 9.17) is 9.47 Å². The lowest BCUT2D eigenvalue weighted by Crippen LogP contribution is -2.03. The Labute approximate surface area is 147 Å². The van der Waals surface area contributed by atoms with Gasteiger partial charge in [-0.05, 0) is 30.2 Å². The zero-order valence-electron chi connectivity index (χ0n) is 14.1. The molecule has 3 aromatic carbocycles. The van der Waals surface area contributed by atoms with Crippen LogP contribution in [0.2, 0.25) is 0 Å². The second-order valence-electron chi connectivity index (χ2n) is 5.76. The maximum Gasteiger partial charge on any atom is 0.163 e. The summed E-state index contributed by atoms with van der Waals surface area (Å²) in [6.07, 6.45) is 0. The fraction of sp³-hybridized carbons (Fsp3) is 0.136. The van der Waals surface area contributed by atoms with Crippen LogP contribution in [0.3, 0.4) is 0 Å². The Hall–Kier alpha value is -3.07. The van der Waals surface area contributed by atoms with Crippen molar-refractivity contribution in [2.45, 2.75) is 20.1 Å². The highest BCUT2D eigenvalue weighted by molar-refractivity contribution is 5.97. The first-order valence-corrected chi connectivity index (χ1v) is 8.21. The van der Waals surface area contributed by atoms with Gasteiger partial charge in [-0.15, -0.1) is 0 Å². The minimum atomic E-state index is -0.0299. The third kappa shape index (κ3) is 4.70. The molecule has 3 aromatic rings. The molecule has 0 saturated carbocycles. The highest BCUT2D eigenvalue weighted by atomic mass is 16.5. The van der Waals surface area contributed by atoms with Gasteiger partial charge in [0, 0.05) is 6.07 Å². The van der Waals surface area contributed by atoms with Gasteiger partial charge in [-0.2, -0.15) is 0 Å². The summed E-state index contributed by atoms with van der Waals surface area (Å²) >= 11 is 0. The van der Waals surface area contributed by atoms with Gasteiger partial charge in [-0.3, -0.25) is 4.79 Å². The van der Waals surface area contributed by atoms with Crippen molar-refractivity contribution in [3.8, 4) is 11.5 Å². The van der Waals surface area contributed by atoms with Gasteiger partial charge in [-0.25, -0.2) is 0 Å². The third-order valence-corrected chi connectivity index (χ3v) is 3.82. The molecule has 0 saturated heterocycles. The molecule has 3 heteroatoms. The molecule has 3 nitrogen and oxygen atoms in total. The Morgan fingerprint density at radius 3 is 1.88 bits per heavy atom. The van der Waals surface area contributed by atoms with E-state index in [1.807, 2.05) is 60.7 Å². The van der Waals surface area contributed by atoms with Gasteiger partial charge in [0.2, 0.25) is 0 Å². The Bertz CT molecular complexity index is 826. The van der Waals surface area contributed by atoms with Crippen LogP contribution in [-0.2, 0) is 13.2 Å². The van der Waals surface area contributed by atoms with E-state index in [1.165, 1.54) is 6.92 Å². The molecule has 0 aliphatic rings. The summed E-state index contributed by atoms with van der Waals surface area (Å²) in [5.41, 5.74) is 2.69. The molecule has 25 heavy (non-hydrogen) atoms. The molecule has 0 heterocycles. The van der Waals surface area contributed by atoms with Gasteiger partial charge in [0.15, 0.2) is 5.78 Å². The molecule has 0 aliphatic carbocycles. The second-order valence-corrected chi connectivity index (χ2v) is 5.76. The van der Waals surface area contributed by atoms with E-state index in [0.717, 1.165) is 11.1 Å². The fourth-order valence-electron chi connectivity index (χ4n) is 2.48. The largest absolute Gasteiger partial charge is 0.489 e. The number of hydrogen-bond acceptors (Lipinski definition) is 3. The average Bonchev–Trinajstić information content (AvgIpc) is 2.66. The Kier molecular flexibility index (Phi) is 5.47. The summed E-state index contributed by atoms with van der Waals surface area (Å²) in [6.45, 7) is 2.41. The molecule has 0 amide bonds. The number of ether oxygens (including phenoxy) is 2. The molecular formula is C22H20O3. The van der Waals surface area contributed by atoms with Crippen LogP contribution in [0.1, 0.15) is 28.4 Å². The monoisotopic (exact) mass is 334 g/mol. The van der Waals surface area contributed by atoms with E-state index >= 15 is 0 Å². The highest BCUT2D eigenvalue weighted by Crippen LogP contribution is 2.27. The van der Waals surface area contributed by atoms with Gasteiger partial charge in [0.05, 0.1) is 5.56 Å². The molecule has 126 valence electrons. The SMILES string of the molecule is [13CH3][13C](=O)c1ccc(OCc2ccccc2)cc1OCc1ccccc1. The van der Waals surface area contributed by atoms with Crippen LogP contribution in [0, 0.1) is 0 Å². The molecule has 0 bridgehead atoms. The number of benzene rings is 3. The van der Waals surface area contributed by atoms with Crippen molar-refractivity contribution in [2.75, 3.05) is 0 Å². The molecule has 0 unspecified atom stereocenters. The normalized spacial score (nSPS) is 10.3. The number of hydrogen-bond donors (Lipinski definition) is 0. The van der Waals surface area contributed by atoms with Gasteiger partial charge >= 0.3 is 0 Å². The van der Waals surface area contributed by atoms with E-state index in [2.05, 4.69) is 0 Å². The van der Waals surface area contributed by atoms with Crippen LogP contribution >= 0.6 is 0 Å². The lowest BCUT2D eigenvalue weighted by atomic mass is 10.2. The number of carbonyl (C=O) groups is 1. The summed E-state index contributed by atoms with van der Waals surface area (Å²) in [5, 5.41) is 0. The summed E-state index contributed by atoms with van der Waals surface area (Å²) < 4.78 is 11.7. The first-order chi connectivity index (χ1) is 12.2. The molecule has 0 atom stereocenters. The Balaban J connectivity index is 1.73. The first kappa shape index (κ1) is 16.8. The summed E-state index contributed by atoms with van der Waals surface area (Å²) in [7, 11) is 0. The van der Waals surface area contributed by atoms with Crippen molar-refractivity contribution >= 4 is 5.78 Å². The first-order valence-electron chi connectivity index (χ1n) is 8.21. The van der Waals surface area contributed by atoms with Crippen LogP contribution in [-0.4, -0.2) is 5.78 Å². The third-order valence-electron chi connectivity index (χ3n) is 3.82. The maximum absolute atomic E-state index is 11.8. The van der Waals surface area contributed by atoms with Crippen LogP contribution in [0.15, 0.2) is 78.9 Å². The van der Waals surface area contributed by atoms with E-state index in [0.29, 0.717) is 30.3 Å². The summed E-state index contributed by atoms with van der Waals surface area (Å²) in [6, 6.07) is 25.1. The minimum absolute atomic E-state index is 0.0299. The van der Waals surface area contributed by atoms with E-state index in [1.54, 1.807) is 18.2 Å². The van der Waals surface area contributed by atoms with Crippen molar-refractivity contribution in [1.82, 2.24) is 0 Å². The molecule has 0 fully saturated rings. The van der Waals surface area contributed by atoms with Gasteiger partial charge in [0.1, 0.15) is 24.7 Å². The molecule has 0 spiro atoms. The predicted octanol–water partition coefficient (Wildman–Crippen LogP) is 5.05. The zero-order valence-corrected chi connectivity index (χ0v) is 14.1. The molecule has 0 aromatic heterocycles. The zero-order chi connectivity index (χ0) is 17.5. The van der Waals surface area contributed by atoms with E-state index in [9.17, 15) is 4.79 Å². The average molecular weight is 334 g/mol. The van der Waals surface area contributed by atoms with Crippen LogP contribution in [0.4, 0.5) is 0 Å². The van der Waals surface area contributed by atoms with Crippen molar-refractivity contribution in [1.29, 1.82) is 0 Å². The van der Waals surface area contributed by atoms with Crippen LogP contribution < -0.4 is 9.47 Å². The fourth-order valence-corrected chi connectivity index (χ4v) is 2.48. The maximum atomic E-state index is 11.8.